The third-order valence-electron chi connectivity index (χ3n) is 5.33. The Morgan fingerprint density at radius 1 is 0.974 bits per heavy atom. The Labute approximate surface area is 217 Å². The van der Waals surface area contributed by atoms with E-state index in [1.807, 2.05) is 0 Å². The number of carboxylic acid groups (broad SMARTS) is 1. The maximum Gasteiger partial charge on any atom is 0.411 e. The van der Waals surface area contributed by atoms with Crippen LogP contribution in [0.1, 0.15) is 39.2 Å². The Morgan fingerprint density at radius 3 is 2.16 bits per heavy atom. The van der Waals surface area contributed by atoms with E-state index in [4.69, 9.17) is 9.84 Å². The van der Waals surface area contributed by atoms with Gasteiger partial charge in [-0.1, -0.05) is 50.6 Å². The first kappa shape index (κ1) is 32.3. The molecule has 0 saturated heterocycles. The minimum Gasteiger partial charge on any atom is -0.481 e. The number of ketones is 1. The van der Waals surface area contributed by atoms with Crippen molar-refractivity contribution in [2.24, 2.45) is 5.92 Å². The van der Waals surface area contributed by atoms with Gasteiger partial charge in [0.15, 0.2) is 5.78 Å². The summed E-state index contributed by atoms with van der Waals surface area (Å²) in [6.07, 6.45) is -5.99. The zero-order chi connectivity index (χ0) is 28.9. The molecule has 0 radical (unpaired) electrons. The van der Waals surface area contributed by atoms with Crippen molar-refractivity contribution in [3.05, 3.63) is 35.9 Å². The van der Waals surface area contributed by atoms with Gasteiger partial charge in [0, 0.05) is 0 Å². The lowest BCUT2D eigenvalue weighted by Gasteiger charge is -2.25. The number of carbonyl (C=O) groups is 5. The molecule has 0 aromatic heterocycles. The molecule has 0 heterocycles. The standard InChI is InChI=1S/C24H32F3N3O8/c1-4-14(2)20(30-23(36)38-11-16-8-6-5-7-9-16)22(35)28-15(3)21(34)29-17(10-19(32)33)18(31)12-37-13-24(25,26)27/h5-9,14-15,17,20H,4,10-13H2,1-3H3,(H,28,35)(H,29,34)(H,30,36)(H,32,33)/t14-,15-,17-,20-/m0/s1. The topological polar surface area (TPSA) is 160 Å². The Bertz CT molecular complexity index is 959. The second-order valence-electron chi connectivity index (χ2n) is 8.53. The molecule has 0 aliphatic carbocycles. The first-order valence-electron chi connectivity index (χ1n) is 11.7. The lowest BCUT2D eigenvalue weighted by Crippen LogP contribution is -2.56. The van der Waals surface area contributed by atoms with Crippen molar-refractivity contribution in [2.45, 2.75) is 64.5 Å². The summed E-state index contributed by atoms with van der Waals surface area (Å²) in [5, 5.41) is 15.9. The number of rotatable bonds is 15. The molecule has 0 aliphatic rings. The van der Waals surface area contributed by atoms with E-state index in [2.05, 4.69) is 20.7 Å². The normalized spacial score (nSPS) is 14.4. The SMILES string of the molecule is CC[C@H](C)[C@H](NC(=O)OCc1ccccc1)C(=O)N[C@@H](C)C(=O)N[C@@H](CC(=O)O)C(=O)COCC(F)(F)F. The fourth-order valence-electron chi connectivity index (χ4n) is 3.05. The number of halogens is 3. The van der Waals surface area contributed by atoms with Crippen molar-refractivity contribution in [1.82, 2.24) is 16.0 Å². The van der Waals surface area contributed by atoms with Gasteiger partial charge in [-0.3, -0.25) is 19.2 Å². The number of alkyl carbamates (subject to hydrolysis) is 1. The second kappa shape index (κ2) is 15.5. The van der Waals surface area contributed by atoms with Gasteiger partial charge in [0.2, 0.25) is 11.8 Å². The highest BCUT2D eigenvalue weighted by Crippen LogP contribution is 2.14. The van der Waals surface area contributed by atoms with Gasteiger partial charge in [-0.15, -0.1) is 0 Å². The number of nitrogens with one attached hydrogen (secondary N) is 3. The van der Waals surface area contributed by atoms with Crippen molar-refractivity contribution in [2.75, 3.05) is 13.2 Å². The van der Waals surface area contributed by atoms with Crippen LogP contribution in [0.3, 0.4) is 0 Å². The molecule has 3 amide bonds. The highest BCUT2D eigenvalue weighted by Gasteiger charge is 2.32. The van der Waals surface area contributed by atoms with E-state index in [1.54, 1.807) is 44.2 Å². The van der Waals surface area contributed by atoms with Crippen molar-refractivity contribution in [3.8, 4) is 0 Å². The minimum absolute atomic E-state index is 0.0357. The average molecular weight is 548 g/mol. The van der Waals surface area contributed by atoms with Gasteiger partial charge in [0.1, 0.15) is 37.9 Å². The van der Waals surface area contributed by atoms with E-state index in [0.29, 0.717) is 6.42 Å². The second-order valence-corrected chi connectivity index (χ2v) is 8.53. The van der Waals surface area contributed by atoms with E-state index in [9.17, 15) is 37.1 Å². The third kappa shape index (κ3) is 12.5. The van der Waals surface area contributed by atoms with Crippen LogP contribution in [0.4, 0.5) is 18.0 Å². The number of hydrogen-bond donors (Lipinski definition) is 4. The molecule has 0 aliphatic heterocycles. The molecule has 11 nitrogen and oxygen atoms in total. The number of Topliss-reactive ketones (excluding diaryl/α,β-unsaturated/α-hetero) is 1. The molecule has 0 unspecified atom stereocenters. The first-order chi connectivity index (χ1) is 17.7. The smallest absolute Gasteiger partial charge is 0.411 e. The number of carboxylic acids is 1. The fraction of sp³-hybridized carbons (Fsp3) is 0.542. The molecule has 14 heteroatoms. The number of hydrogen-bond acceptors (Lipinski definition) is 7. The largest absolute Gasteiger partial charge is 0.481 e. The summed E-state index contributed by atoms with van der Waals surface area (Å²) in [7, 11) is 0. The van der Waals surface area contributed by atoms with Crippen molar-refractivity contribution < 1.29 is 51.7 Å². The zero-order valence-electron chi connectivity index (χ0n) is 21.2. The molecule has 0 spiro atoms. The Morgan fingerprint density at radius 2 is 1.61 bits per heavy atom. The predicted octanol–water partition coefficient (Wildman–Crippen LogP) is 1.94. The number of amides is 3. The molecule has 1 aromatic rings. The van der Waals surface area contributed by atoms with Gasteiger partial charge < -0.3 is 30.5 Å². The van der Waals surface area contributed by atoms with Crippen LogP contribution in [-0.4, -0.2) is 72.3 Å². The first-order valence-corrected chi connectivity index (χ1v) is 11.7. The van der Waals surface area contributed by atoms with Gasteiger partial charge in [0.05, 0.1) is 6.42 Å². The molecule has 4 N–H and O–H groups in total. The maximum atomic E-state index is 12.9. The van der Waals surface area contributed by atoms with Crippen LogP contribution in [0.15, 0.2) is 30.3 Å². The van der Waals surface area contributed by atoms with Gasteiger partial charge in [-0.25, -0.2) is 4.79 Å². The number of benzene rings is 1. The van der Waals surface area contributed by atoms with E-state index >= 15 is 0 Å². The van der Waals surface area contributed by atoms with Gasteiger partial charge in [-0.05, 0) is 18.4 Å². The summed E-state index contributed by atoms with van der Waals surface area (Å²) in [5.41, 5.74) is 0.728. The summed E-state index contributed by atoms with van der Waals surface area (Å²) < 4.78 is 46.1. The van der Waals surface area contributed by atoms with Crippen LogP contribution < -0.4 is 16.0 Å². The van der Waals surface area contributed by atoms with Gasteiger partial charge >= 0.3 is 18.2 Å². The summed E-state index contributed by atoms with van der Waals surface area (Å²) >= 11 is 0. The number of carbonyl (C=O) groups excluding carboxylic acids is 4. The van der Waals surface area contributed by atoms with Crippen LogP contribution in [0.25, 0.3) is 0 Å². The van der Waals surface area contributed by atoms with Crippen LogP contribution >= 0.6 is 0 Å². The van der Waals surface area contributed by atoms with E-state index in [1.165, 1.54) is 6.92 Å². The van der Waals surface area contributed by atoms with Crippen LogP contribution in [0.2, 0.25) is 0 Å². The number of ether oxygens (including phenoxy) is 2. The molecule has 0 fully saturated rings. The number of alkyl halides is 3. The summed E-state index contributed by atoms with van der Waals surface area (Å²) in [5.74, 6) is -4.67. The molecule has 1 aromatic carbocycles. The zero-order valence-corrected chi connectivity index (χ0v) is 21.2. The summed E-state index contributed by atoms with van der Waals surface area (Å²) in [6.45, 7) is 1.87. The number of aliphatic carboxylic acids is 1. The molecular formula is C24H32F3N3O8. The van der Waals surface area contributed by atoms with E-state index in [-0.39, 0.29) is 12.5 Å². The van der Waals surface area contributed by atoms with E-state index in [0.717, 1.165) is 5.56 Å². The lowest BCUT2D eigenvalue weighted by molar-refractivity contribution is -0.176. The Kier molecular flexibility index (Phi) is 13.2. The van der Waals surface area contributed by atoms with Crippen molar-refractivity contribution in [1.29, 1.82) is 0 Å². The third-order valence-corrected chi connectivity index (χ3v) is 5.33. The highest BCUT2D eigenvalue weighted by atomic mass is 19.4. The monoisotopic (exact) mass is 547 g/mol. The van der Waals surface area contributed by atoms with Gasteiger partial charge in [0.25, 0.3) is 0 Å². The minimum atomic E-state index is -4.70. The Hall–Kier alpha value is -3.68. The summed E-state index contributed by atoms with van der Waals surface area (Å²) in [6, 6.07) is 4.75. The Balaban J connectivity index is 2.75. The summed E-state index contributed by atoms with van der Waals surface area (Å²) in [4.78, 5) is 60.9. The van der Waals surface area contributed by atoms with Crippen LogP contribution in [0.5, 0.6) is 0 Å². The molecule has 212 valence electrons. The van der Waals surface area contributed by atoms with E-state index < -0.39 is 73.6 Å². The molecule has 4 atom stereocenters. The van der Waals surface area contributed by atoms with Crippen molar-refractivity contribution >= 4 is 29.7 Å². The molecule has 1 rings (SSSR count). The molecular weight excluding hydrogens is 515 g/mol. The van der Waals surface area contributed by atoms with Crippen LogP contribution in [-0.2, 0) is 35.3 Å². The lowest BCUT2D eigenvalue weighted by atomic mass is 9.98. The quantitative estimate of drug-likeness (QED) is 0.259. The van der Waals surface area contributed by atoms with Crippen LogP contribution in [0, 0.1) is 5.92 Å². The average Bonchev–Trinajstić information content (AvgIpc) is 2.84. The molecule has 0 saturated carbocycles. The highest BCUT2D eigenvalue weighted by molar-refractivity contribution is 5.95. The predicted molar refractivity (Wildman–Crippen MR) is 127 cm³/mol. The molecule has 0 bridgehead atoms. The van der Waals surface area contributed by atoms with Crippen molar-refractivity contribution in [3.63, 3.8) is 0 Å². The molecule has 38 heavy (non-hydrogen) atoms. The fourth-order valence-corrected chi connectivity index (χ4v) is 3.05. The van der Waals surface area contributed by atoms with Gasteiger partial charge in [-0.2, -0.15) is 13.2 Å². The maximum absolute atomic E-state index is 12.9.